The van der Waals surface area contributed by atoms with Crippen LogP contribution >= 0.6 is 7.26 Å². The minimum Gasteiger partial charge on any atom is -1.00 e. The lowest BCUT2D eigenvalue weighted by Crippen LogP contribution is -3.00. The average molecular weight is 551 g/mol. The molecule has 2 atom stereocenters. The van der Waals surface area contributed by atoms with Gasteiger partial charge >= 0.3 is 6.09 Å². The Morgan fingerprint density at radius 3 is 1.71 bits per heavy atom. The van der Waals surface area contributed by atoms with E-state index in [0.29, 0.717) is 19.6 Å². The van der Waals surface area contributed by atoms with Gasteiger partial charge < -0.3 is 26.9 Å². The number of hydrogen-bond acceptors (Lipinski definition) is 3. The van der Waals surface area contributed by atoms with Gasteiger partial charge in [-0.25, -0.2) is 4.79 Å². The zero-order valence-electron chi connectivity index (χ0n) is 22.3. The molecule has 2 amide bonds. The third-order valence-corrected chi connectivity index (χ3v) is 12.2. The number of rotatable bonds is 5. The van der Waals surface area contributed by atoms with Crippen LogP contribution in [0.4, 0.5) is 4.79 Å². The van der Waals surface area contributed by atoms with Gasteiger partial charge in [-0.15, -0.1) is 0 Å². The SMILES string of the molecule is CC(C)(C)OC(=O)N1CCC(N2CCC([P+](c3ccccc3)(c3ccccc3)c3ccccc3)C2=O)C1.[Cl-]. The molecule has 5 nitrogen and oxygen atoms in total. The van der Waals surface area contributed by atoms with Crippen LogP contribution in [-0.2, 0) is 9.53 Å². The van der Waals surface area contributed by atoms with Crippen molar-refractivity contribution in [1.82, 2.24) is 9.80 Å². The third-order valence-electron chi connectivity index (χ3n) is 7.43. The molecule has 2 fully saturated rings. The van der Waals surface area contributed by atoms with Crippen LogP contribution in [-0.4, -0.2) is 58.7 Å². The van der Waals surface area contributed by atoms with E-state index in [9.17, 15) is 9.59 Å². The van der Waals surface area contributed by atoms with Crippen LogP contribution in [0.2, 0.25) is 0 Å². The first-order chi connectivity index (χ1) is 17.8. The molecule has 0 saturated carbocycles. The van der Waals surface area contributed by atoms with Gasteiger partial charge in [-0.05, 0) is 63.6 Å². The van der Waals surface area contributed by atoms with E-state index < -0.39 is 12.9 Å². The van der Waals surface area contributed by atoms with Gasteiger partial charge in [-0.3, -0.25) is 4.79 Å². The monoisotopic (exact) mass is 550 g/mol. The van der Waals surface area contributed by atoms with Crippen molar-refractivity contribution in [1.29, 1.82) is 0 Å². The average Bonchev–Trinajstić information content (AvgIpc) is 3.53. The molecule has 200 valence electrons. The first-order valence-corrected chi connectivity index (χ1v) is 15.0. The maximum absolute atomic E-state index is 14.4. The minimum atomic E-state index is -2.29. The summed E-state index contributed by atoms with van der Waals surface area (Å²) in [6.07, 6.45) is 1.29. The summed E-state index contributed by atoms with van der Waals surface area (Å²) in [5.41, 5.74) is -0.676. The van der Waals surface area contributed by atoms with Gasteiger partial charge in [-0.2, -0.15) is 0 Å². The lowest BCUT2D eigenvalue weighted by Gasteiger charge is -2.32. The van der Waals surface area contributed by atoms with Gasteiger partial charge in [0.2, 0.25) is 0 Å². The topological polar surface area (TPSA) is 49.9 Å². The molecule has 0 aliphatic carbocycles. The molecule has 2 saturated heterocycles. The molecule has 2 heterocycles. The fourth-order valence-corrected chi connectivity index (χ4v) is 10.8. The van der Waals surface area contributed by atoms with Gasteiger partial charge in [-0.1, -0.05) is 54.6 Å². The van der Waals surface area contributed by atoms with Crippen molar-refractivity contribution >= 4 is 35.2 Å². The Labute approximate surface area is 232 Å². The second kappa shape index (κ2) is 11.5. The van der Waals surface area contributed by atoms with Gasteiger partial charge in [0, 0.05) is 26.1 Å². The fourth-order valence-electron chi connectivity index (χ4n) is 5.87. The summed E-state index contributed by atoms with van der Waals surface area (Å²) < 4.78 is 5.60. The number of likely N-dealkylation sites (tertiary alicyclic amines) is 2. The maximum Gasteiger partial charge on any atom is 0.410 e. The smallest absolute Gasteiger partial charge is 0.410 e. The van der Waals surface area contributed by atoms with E-state index in [-0.39, 0.29) is 36.1 Å². The quantitative estimate of drug-likeness (QED) is 0.454. The largest absolute Gasteiger partial charge is 1.00 e. The second-order valence-electron chi connectivity index (χ2n) is 10.9. The van der Waals surface area contributed by atoms with Crippen molar-refractivity contribution in [2.45, 2.75) is 50.9 Å². The molecular weight excluding hydrogens is 515 g/mol. The van der Waals surface area contributed by atoms with Crippen LogP contribution < -0.4 is 28.3 Å². The van der Waals surface area contributed by atoms with Crippen molar-refractivity contribution < 1.29 is 26.7 Å². The highest BCUT2D eigenvalue weighted by molar-refractivity contribution is 7.96. The summed E-state index contributed by atoms with van der Waals surface area (Å²) in [7, 11) is -2.29. The molecule has 38 heavy (non-hydrogen) atoms. The van der Waals surface area contributed by atoms with Crippen molar-refractivity contribution in [2.75, 3.05) is 19.6 Å². The molecule has 2 aliphatic rings. The highest BCUT2D eigenvalue weighted by Crippen LogP contribution is 2.62. The van der Waals surface area contributed by atoms with Crippen molar-refractivity contribution in [3.05, 3.63) is 91.0 Å². The molecule has 2 unspecified atom stereocenters. The summed E-state index contributed by atoms with van der Waals surface area (Å²) >= 11 is 0. The Morgan fingerprint density at radius 2 is 1.26 bits per heavy atom. The van der Waals surface area contributed by atoms with Crippen LogP contribution in [0.15, 0.2) is 91.0 Å². The summed E-state index contributed by atoms with van der Waals surface area (Å²) in [4.78, 5) is 30.9. The standard InChI is InChI=1S/C31H36N2O3P.ClH/c1-31(2,3)36-30(35)32-21-19-24(23-32)33-22-20-28(29(33)34)37(25-13-7-4-8-14-25,26-15-9-5-10-16-26)27-17-11-6-12-18-27;/h4-18,24,28H,19-23H2,1-3H3;1H/q+1;/p-1. The predicted octanol–water partition coefficient (Wildman–Crippen LogP) is 1.59. The van der Waals surface area contributed by atoms with E-state index in [2.05, 4.69) is 77.7 Å². The number of amides is 2. The lowest BCUT2D eigenvalue weighted by molar-refractivity contribution is -0.129. The fraction of sp³-hybridized carbons (Fsp3) is 0.355. The number of nitrogens with zero attached hydrogens (tertiary/aromatic N) is 2. The predicted molar refractivity (Wildman–Crippen MR) is 151 cm³/mol. The molecule has 7 heteroatoms. The molecule has 5 rings (SSSR count). The van der Waals surface area contributed by atoms with E-state index in [1.807, 2.05) is 39.0 Å². The molecule has 2 aliphatic heterocycles. The number of benzene rings is 3. The number of hydrogen-bond donors (Lipinski definition) is 0. The first kappa shape index (κ1) is 28.1. The lowest BCUT2D eigenvalue weighted by atomic mass is 10.2. The maximum atomic E-state index is 14.4. The summed E-state index contributed by atoms with van der Waals surface area (Å²) in [5.74, 6) is 0.209. The van der Waals surface area contributed by atoms with Crippen LogP contribution in [0.3, 0.4) is 0 Å². The number of halogens is 1. The van der Waals surface area contributed by atoms with Gasteiger partial charge in [0.1, 0.15) is 28.8 Å². The molecule has 0 spiro atoms. The normalized spacial score (nSPS) is 19.8. The Balaban J connectivity index is 0.00000336. The summed E-state index contributed by atoms with van der Waals surface area (Å²) in [5, 5.41) is 3.69. The minimum absolute atomic E-state index is 0. The summed E-state index contributed by atoms with van der Waals surface area (Å²) in [6, 6.07) is 31.9. The van der Waals surface area contributed by atoms with Gasteiger partial charge in [0.15, 0.2) is 5.66 Å². The van der Waals surface area contributed by atoms with E-state index in [1.54, 1.807) is 4.90 Å². The highest BCUT2D eigenvalue weighted by atomic mass is 35.5. The summed E-state index contributed by atoms with van der Waals surface area (Å²) in [6.45, 7) is 7.50. The molecule has 3 aromatic carbocycles. The number of carbonyl (C=O) groups is 2. The van der Waals surface area contributed by atoms with Gasteiger partial charge in [0.05, 0.1) is 6.04 Å². The van der Waals surface area contributed by atoms with E-state index in [1.165, 1.54) is 15.9 Å². The van der Waals surface area contributed by atoms with Crippen molar-refractivity contribution in [3.8, 4) is 0 Å². The third kappa shape index (κ3) is 5.32. The first-order valence-electron chi connectivity index (χ1n) is 13.1. The van der Waals surface area contributed by atoms with E-state index in [0.717, 1.165) is 12.8 Å². The van der Waals surface area contributed by atoms with Crippen molar-refractivity contribution in [2.24, 2.45) is 0 Å². The Morgan fingerprint density at radius 1 is 0.789 bits per heavy atom. The Hall–Kier alpha value is -2.88. The zero-order valence-corrected chi connectivity index (χ0v) is 23.9. The van der Waals surface area contributed by atoms with Crippen LogP contribution in [0.5, 0.6) is 0 Å². The number of ether oxygens (including phenoxy) is 1. The molecule has 0 aromatic heterocycles. The van der Waals surface area contributed by atoms with Crippen LogP contribution in [0, 0.1) is 0 Å². The second-order valence-corrected chi connectivity index (χ2v) is 14.6. The Kier molecular flexibility index (Phi) is 8.49. The van der Waals surface area contributed by atoms with Gasteiger partial charge in [0.25, 0.3) is 5.91 Å². The van der Waals surface area contributed by atoms with E-state index in [4.69, 9.17) is 4.74 Å². The number of carbonyl (C=O) groups excluding carboxylic acids is 2. The van der Waals surface area contributed by atoms with E-state index >= 15 is 0 Å². The molecule has 0 radical (unpaired) electrons. The highest BCUT2D eigenvalue weighted by Gasteiger charge is 2.59. The van der Waals surface area contributed by atoms with Crippen LogP contribution in [0.1, 0.15) is 33.6 Å². The van der Waals surface area contributed by atoms with Crippen LogP contribution in [0.25, 0.3) is 0 Å². The molecule has 0 bridgehead atoms. The van der Waals surface area contributed by atoms with Crippen molar-refractivity contribution in [3.63, 3.8) is 0 Å². The molecule has 3 aromatic rings. The Bertz CT molecular complexity index is 1140. The zero-order chi connectivity index (χ0) is 26.0. The molecule has 0 N–H and O–H groups in total. The molecular formula is C31H36ClN2O3P.